The number of nitrogens with one attached hydrogen (secondary N) is 1. The Bertz CT molecular complexity index is 371. The molecule has 120 valence electrons. The van der Waals surface area contributed by atoms with Crippen LogP contribution in [0.25, 0.3) is 0 Å². The average molecular weight is 323 g/mol. The van der Waals surface area contributed by atoms with E-state index in [2.05, 4.69) is 31.0 Å². The van der Waals surface area contributed by atoms with E-state index in [1.807, 2.05) is 0 Å². The van der Waals surface area contributed by atoms with E-state index in [9.17, 15) is 8.42 Å². The highest BCUT2D eigenvalue weighted by Gasteiger charge is 2.33. The predicted molar refractivity (Wildman–Crippen MR) is 89.0 cm³/mol. The predicted octanol–water partition coefficient (Wildman–Crippen LogP) is 1.68. The summed E-state index contributed by atoms with van der Waals surface area (Å²) in [4.78, 5) is 2.18. The topological polar surface area (TPSA) is 49.4 Å². The molecule has 0 aromatic carbocycles. The van der Waals surface area contributed by atoms with Crippen molar-refractivity contribution >= 4 is 21.6 Å². The molecule has 0 bridgehead atoms. The molecule has 2 atom stereocenters. The Morgan fingerprint density at radius 2 is 2.00 bits per heavy atom. The van der Waals surface area contributed by atoms with Crippen LogP contribution in [0.2, 0.25) is 0 Å². The Hall–Kier alpha value is 0.220. The van der Waals surface area contributed by atoms with Gasteiger partial charge >= 0.3 is 0 Å². The highest BCUT2D eigenvalue weighted by atomic mass is 32.2. The molecule has 6 heteroatoms. The van der Waals surface area contributed by atoms with Gasteiger partial charge in [0, 0.05) is 30.3 Å². The summed E-state index contributed by atoms with van der Waals surface area (Å²) in [6.45, 7) is 12.1. The number of hydrogen-bond donors (Lipinski definition) is 1. The van der Waals surface area contributed by atoms with Crippen LogP contribution in [0.1, 0.15) is 27.7 Å². The van der Waals surface area contributed by atoms with Crippen LogP contribution in [0.5, 0.6) is 0 Å². The maximum atomic E-state index is 12.2. The van der Waals surface area contributed by atoms with Crippen LogP contribution in [-0.2, 0) is 9.84 Å². The van der Waals surface area contributed by atoms with Crippen LogP contribution in [-0.4, -0.2) is 62.1 Å². The van der Waals surface area contributed by atoms with Crippen LogP contribution in [0, 0.1) is 11.8 Å². The van der Waals surface area contributed by atoms with Crippen LogP contribution in [0.4, 0.5) is 0 Å². The lowest BCUT2D eigenvalue weighted by atomic mass is 10.1. The highest BCUT2D eigenvalue weighted by molar-refractivity contribution is 8.01. The van der Waals surface area contributed by atoms with Crippen LogP contribution in [0.15, 0.2) is 0 Å². The summed E-state index contributed by atoms with van der Waals surface area (Å²) in [7, 11) is -2.97. The van der Waals surface area contributed by atoms with Gasteiger partial charge < -0.3 is 5.32 Å². The van der Waals surface area contributed by atoms with Crippen molar-refractivity contribution in [3.8, 4) is 0 Å². The SMILES string of the molecule is CCS(=O)(=O)C1CSCCN1CC(C)CNCC(C)C. The van der Waals surface area contributed by atoms with Crippen LogP contribution in [0.3, 0.4) is 0 Å². The smallest absolute Gasteiger partial charge is 0.166 e. The Kier molecular flexibility index (Phi) is 7.87. The molecule has 0 aliphatic carbocycles. The van der Waals surface area contributed by atoms with Crippen LogP contribution >= 0.6 is 11.8 Å². The normalized spacial score (nSPS) is 23.1. The largest absolute Gasteiger partial charge is 0.316 e. The van der Waals surface area contributed by atoms with Gasteiger partial charge in [-0.25, -0.2) is 8.42 Å². The van der Waals surface area contributed by atoms with Crippen LogP contribution < -0.4 is 5.32 Å². The molecule has 4 nitrogen and oxygen atoms in total. The van der Waals surface area contributed by atoms with Crippen molar-refractivity contribution in [3.05, 3.63) is 0 Å². The molecule has 1 aliphatic rings. The molecule has 1 aliphatic heterocycles. The Morgan fingerprint density at radius 1 is 1.30 bits per heavy atom. The lowest BCUT2D eigenvalue weighted by molar-refractivity contribution is 0.230. The van der Waals surface area contributed by atoms with Gasteiger partial charge in [0.1, 0.15) is 5.37 Å². The Balaban J connectivity index is 2.50. The van der Waals surface area contributed by atoms with Gasteiger partial charge in [0.15, 0.2) is 9.84 Å². The third-order valence-corrected chi connectivity index (χ3v) is 6.93. The zero-order valence-electron chi connectivity index (χ0n) is 13.3. The molecule has 0 aromatic heterocycles. The average Bonchev–Trinajstić information content (AvgIpc) is 2.38. The zero-order chi connectivity index (χ0) is 15.2. The van der Waals surface area contributed by atoms with E-state index in [-0.39, 0.29) is 11.1 Å². The molecule has 20 heavy (non-hydrogen) atoms. The molecular weight excluding hydrogens is 292 g/mol. The number of rotatable bonds is 8. The first-order chi connectivity index (χ1) is 9.36. The van der Waals surface area contributed by atoms with Crippen molar-refractivity contribution in [2.75, 3.05) is 43.4 Å². The van der Waals surface area contributed by atoms with Crippen molar-refractivity contribution in [2.45, 2.75) is 33.1 Å². The number of sulfone groups is 1. The van der Waals surface area contributed by atoms with E-state index >= 15 is 0 Å². The van der Waals surface area contributed by atoms with Crippen molar-refractivity contribution < 1.29 is 8.42 Å². The second-order valence-electron chi connectivity index (χ2n) is 6.13. The quantitative estimate of drug-likeness (QED) is 0.737. The first-order valence-corrected chi connectivity index (χ1v) is 10.5. The molecule has 1 fully saturated rings. The van der Waals surface area contributed by atoms with E-state index in [1.165, 1.54) is 0 Å². The minimum atomic E-state index is -2.97. The molecule has 1 N–H and O–H groups in total. The third kappa shape index (κ3) is 5.92. The number of hydrogen-bond acceptors (Lipinski definition) is 5. The van der Waals surface area contributed by atoms with Gasteiger partial charge in [0.25, 0.3) is 0 Å². The Labute approximate surface area is 129 Å². The standard InChI is InChI=1S/C14H30N2O2S2/c1-5-20(17,18)14-11-19-7-6-16(14)10-13(4)9-15-8-12(2)3/h12-15H,5-11H2,1-4H3. The van der Waals surface area contributed by atoms with Gasteiger partial charge in [-0.2, -0.15) is 11.8 Å². The first kappa shape index (κ1) is 18.3. The fraction of sp³-hybridized carbons (Fsp3) is 1.00. The van der Waals surface area contributed by atoms with Gasteiger partial charge in [-0.3, -0.25) is 4.90 Å². The molecule has 0 radical (unpaired) electrons. The van der Waals surface area contributed by atoms with E-state index in [1.54, 1.807) is 18.7 Å². The van der Waals surface area contributed by atoms with Gasteiger partial charge in [-0.1, -0.05) is 27.7 Å². The fourth-order valence-corrected chi connectivity index (χ4v) is 5.52. The summed E-state index contributed by atoms with van der Waals surface area (Å²) in [5, 5.41) is 3.18. The van der Waals surface area contributed by atoms with E-state index in [0.717, 1.165) is 37.7 Å². The molecule has 0 spiro atoms. The molecule has 1 saturated heterocycles. The van der Waals surface area contributed by atoms with Crippen molar-refractivity contribution in [3.63, 3.8) is 0 Å². The van der Waals surface area contributed by atoms with E-state index in [4.69, 9.17) is 0 Å². The van der Waals surface area contributed by atoms with Crippen molar-refractivity contribution in [1.29, 1.82) is 0 Å². The highest BCUT2D eigenvalue weighted by Crippen LogP contribution is 2.22. The minimum Gasteiger partial charge on any atom is -0.316 e. The Morgan fingerprint density at radius 3 is 2.60 bits per heavy atom. The van der Waals surface area contributed by atoms with Gasteiger partial charge in [-0.05, 0) is 24.9 Å². The van der Waals surface area contributed by atoms with Crippen molar-refractivity contribution in [1.82, 2.24) is 10.2 Å². The summed E-state index contributed by atoms with van der Waals surface area (Å²) in [6, 6.07) is 0. The van der Waals surface area contributed by atoms with Crippen molar-refractivity contribution in [2.24, 2.45) is 11.8 Å². The second-order valence-corrected chi connectivity index (χ2v) is 9.73. The van der Waals surface area contributed by atoms with Gasteiger partial charge in [-0.15, -0.1) is 0 Å². The summed E-state index contributed by atoms with van der Waals surface area (Å²) < 4.78 is 24.4. The first-order valence-electron chi connectivity index (χ1n) is 7.60. The summed E-state index contributed by atoms with van der Waals surface area (Å²) >= 11 is 1.76. The number of thioether (sulfide) groups is 1. The molecule has 1 heterocycles. The van der Waals surface area contributed by atoms with E-state index < -0.39 is 9.84 Å². The third-order valence-electron chi connectivity index (χ3n) is 3.60. The zero-order valence-corrected chi connectivity index (χ0v) is 14.9. The lowest BCUT2D eigenvalue weighted by Crippen LogP contribution is -2.50. The summed E-state index contributed by atoms with van der Waals surface area (Å²) in [5.41, 5.74) is 0. The fourth-order valence-electron chi connectivity index (χ4n) is 2.43. The molecule has 1 rings (SSSR count). The van der Waals surface area contributed by atoms with Gasteiger partial charge in [0.05, 0.1) is 0 Å². The molecule has 0 saturated carbocycles. The molecule has 2 unspecified atom stereocenters. The molecule has 0 amide bonds. The summed E-state index contributed by atoms with van der Waals surface area (Å²) in [6.07, 6.45) is 0. The maximum absolute atomic E-state index is 12.2. The molecular formula is C14H30N2O2S2. The number of nitrogens with zero attached hydrogens (tertiary/aromatic N) is 1. The minimum absolute atomic E-state index is 0.245. The van der Waals surface area contributed by atoms with Gasteiger partial charge in [0.2, 0.25) is 0 Å². The lowest BCUT2D eigenvalue weighted by Gasteiger charge is -2.36. The monoisotopic (exact) mass is 322 g/mol. The summed E-state index contributed by atoms with van der Waals surface area (Å²) in [5.74, 6) is 3.15. The molecule has 0 aromatic rings. The van der Waals surface area contributed by atoms with E-state index in [0.29, 0.717) is 11.8 Å². The maximum Gasteiger partial charge on any atom is 0.166 e. The second kappa shape index (κ2) is 8.61.